The van der Waals surface area contributed by atoms with Crippen LogP contribution < -0.4 is 5.32 Å². The van der Waals surface area contributed by atoms with Crippen LogP contribution in [0.15, 0.2) is 4.99 Å². The topological polar surface area (TPSA) is 24.4 Å². The van der Waals surface area contributed by atoms with Crippen LogP contribution in [0.5, 0.6) is 0 Å². The van der Waals surface area contributed by atoms with Gasteiger partial charge in [0.1, 0.15) is 0 Å². The van der Waals surface area contributed by atoms with E-state index in [2.05, 4.69) is 33.0 Å². The van der Waals surface area contributed by atoms with Crippen molar-refractivity contribution >= 4 is 16.9 Å². The minimum atomic E-state index is 0.239. The van der Waals surface area contributed by atoms with Gasteiger partial charge >= 0.3 is 0 Å². The molecule has 1 aliphatic heterocycles. The molecule has 2 rings (SSSR count). The highest BCUT2D eigenvalue weighted by Gasteiger charge is 2.38. The molecule has 15 heavy (non-hydrogen) atoms. The second-order valence-corrected chi connectivity index (χ2v) is 7.00. The van der Waals surface area contributed by atoms with Crippen LogP contribution in [0.1, 0.15) is 47.0 Å². The summed E-state index contributed by atoms with van der Waals surface area (Å²) in [5, 5.41) is 5.50. The molecule has 1 fully saturated rings. The lowest BCUT2D eigenvalue weighted by molar-refractivity contribution is 0.402. The van der Waals surface area contributed by atoms with Crippen LogP contribution in [0.4, 0.5) is 0 Å². The Labute approximate surface area is 97.3 Å². The average Bonchev–Trinajstić information content (AvgIpc) is 2.80. The molecule has 2 atom stereocenters. The Morgan fingerprint density at radius 1 is 1.33 bits per heavy atom. The van der Waals surface area contributed by atoms with E-state index in [9.17, 15) is 0 Å². The third-order valence-corrected chi connectivity index (χ3v) is 4.38. The molecule has 2 aliphatic rings. The van der Waals surface area contributed by atoms with Crippen molar-refractivity contribution in [1.29, 1.82) is 0 Å². The van der Waals surface area contributed by atoms with Crippen molar-refractivity contribution in [2.45, 2.75) is 63.8 Å². The minimum Gasteiger partial charge on any atom is -0.360 e. The van der Waals surface area contributed by atoms with Gasteiger partial charge in [-0.3, -0.25) is 4.99 Å². The Hall–Kier alpha value is -0.180. The largest absolute Gasteiger partial charge is 0.360 e. The fourth-order valence-electron chi connectivity index (χ4n) is 2.25. The molecule has 1 heterocycles. The van der Waals surface area contributed by atoms with Crippen molar-refractivity contribution in [3.63, 3.8) is 0 Å². The average molecular weight is 226 g/mol. The van der Waals surface area contributed by atoms with Crippen molar-refractivity contribution in [2.75, 3.05) is 0 Å². The van der Waals surface area contributed by atoms with Crippen molar-refractivity contribution in [1.82, 2.24) is 5.32 Å². The summed E-state index contributed by atoms with van der Waals surface area (Å²) in [6.45, 7) is 9.11. The molecular formula is C12H22N2S. The molecular weight excluding hydrogens is 204 g/mol. The standard InChI is InChI=1S/C12H22N2S/c1-8-7-9(2)15-11(13-8)14-12(3,4)10-5-6-10/h8-10H,5-7H2,1-4H3,(H,13,14). The van der Waals surface area contributed by atoms with E-state index in [0.717, 1.165) is 11.1 Å². The summed E-state index contributed by atoms with van der Waals surface area (Å²) in [6, 6.07) is 0.485. The van der Waals surface area contributed by atoms with E-state index in [4.69, 9.17) is 4.99 Å². The normalized spacial score (nSPS) is 32.4. The number of amidine groups is 1. The van der Waals surface area contributed by atoms with E-state index in [0.29, 0.717) is 11.3 Å². The highest BCUT2D eigenvalue weighted by atomic mass is 32.2. The maximum Gasteiger partial charge on any atom is 0.157 e. The molecule has 1 aliphatic carbocycles. The van der Waals surface area contributed by atoms with Crippen LogP contribution in [-0.4, -0.2) is 22.0 Å². The first-order valence-electron chi connectivity index (χ1n) is 6.00. The number of aliphatic imine (C=N–C) groups is 1. The molecule has 0 bridgehead atoms. The minimum absolute atomic E-state index is 0.239. The molecule has 0 radical (unpaired) electrons. The van der Waals surface area contributed by atoms with Crippen molar-refractivity contribution in [3.05, 3.63) is 0 Å². The number of hydrogen-bond acceptors (Lipinski definition) is 3. The zero-order chi connectivity index (χ0) is 11.1. The van der Waals surface area contributed by atoms with Crippen LogP contribution >= 0.6 is 11.8 Å². The summed E-state index contributed by atoms with van der Waals surface area (Å²) < 4.78 is 0. The molecule has 1 N–H and O–H groups in total. The van der Waals surface area contributed by atoms with Crippen LogP contribution in [-0.2, 0) is 0 Å². The first kappa shape index (κ1) is 11.3. The third-order valence-electron chi connectivity index (χ3n) is 3.35. The van der Waals surface area contributed by atoms with Crippen molar-refractivity contribution in [3.8, 4) is 0 Å². The number of nitrogens with zero attached hydrogens (tertiary/aromatic N) is 1. The molecule has 2 unspecified atom stereocenters. The number of hydrogen-bond donors (Lipinski definition) is 1. The van der Waals surface area contributed by atoms with Gasteiger partial charge in [-0.25, -0.2) is 0 Å². The van der Waals surface area contributed by atoms with Gasteiger partial charge < -0.3 is 5.32 Å². The van der Waals surface area contributed by atoms with E-state index in [-0.39, 0.29) is 5.54 Å². The lowest BCUT2D eigenvalue weighted by Crippen LogP contribution is -2.45. The Balaban J connectivity index is 1.98. The van der Waals surface area contributed by atoms with Gasteiger partial charge in [-0.15, -0.1) is 0 Å². The second-order valence-electron chi connectivity index (χ2n) is 5.57. The van der Waals surface area contributed by atoms with Crippen LogP contribution in [0.2, 0.25) is 0 Å². The van der Waals surface area contributed by atoms with Crippen LogP contribution in [0.25, 0.3) is 0 Å². The summed E-state index contributed by atoms with van der Waals surface area (Å²) >= 11 is 1.90. The summed E-state index contributed by atoms with van der Waals surface area (Å²) in [7, 11) is 0. The summed E-state index contributed by atoms with van der Waals surface area (Å²) in [5.41, 5.74) is 0.239. The molecule has 0 aromatic rings. The molecule has 1 saturated carbocycles. The quantitative estimate of drug-likeness (QED) is 0.782. The molecule has 3 heteroatoms. The van der Waals surface area contributed by atoms with E-state index >= 15 is 0 Å². The first-order chi connectivity index (χ1) is 6.97. The van der Waals surface area contributed by atoms with Gasteiger partial charge in [0, 0.05) is 10.8 Å². The first-order valence-corrected chi connectivity index (χ1v) is 6.88. The predicted octanol–water partition coefficient (Wildman–Crippen LogP) is 3.03. The molecule has 0 saturated heterocycles. The molecule has 86 valence electrons. The Morgan fingerprint density at radius 2 is 2.00 bits per heavy atom. The highest BCUT2D eigenvalue weighted by Crippen LogP contribution is 2.40. The third kappa shape index (κ3) is 2.90. The Kier molecular flexibility index (Phi) is 3.02. The maximum atomic E-state index is 4.70. The fourth-order valence-corrected chi connectivity index (χ4v) is 3.57. The SMILES string of the molecule is CC1CC(C)SC(NC(C)(C)C2CC2)=N1. The molecule has 0 aromatic carbocycles. The second kappa shape index (κ2) is 4.00. The molecule has 2 nitrogen and oxygen atoms in total. The zero-order valence-electron chi connectivity index (χ0n) is 10.2. The van der Waals surface area contributed by atoms with E-state index < -0.39 is 0 Å². The number of nitrogens with one attached hydrogen (secondary N) is 1. The van der Waals surface area contributed by atoms with Crippen molar-refractivity contribution < 1.29 is 0 Å². The van der Waals surface area contributed by atoms with Gasteiger partial charge in [0.25, 0.3) is 0 Å². The van der Waals surface area contributed by atoms with Crippen LogP contribution in [0.3, 0.4) is 0 Å². The smallest absolute Gasteiger partial charge is 0.157 e. The van der Waals surface area contributed by atoms with E-state index in [1.165, 1.54) is 19.3 Å². The maximum absolute atomic E-state index is 4.70. The zero-order valence-corrected chi connectivity index (χ0v) is 11.0. The predicted molar refractivity (Wildman–Crippen MR) is 68.5 cm³/mol. The van der Waals surface area contributed by atoms with Gasteiger partial charge in [0.05, 0.1) is 6.04 Å². The van der Waals surface area contributed by atoms with E-state index in [1.807, 2.05) is 11.8 Å². The summed E-state index contributed by atoms with van der Waals surface area (Å²) in [5.74, 6) is 0.855. The van der Waals surface area contributed by atoms with Gasteiger partial charge in [-0.1, -0.05) is 18.7 Å². The molecule has 0 spiro atoms. The summed E-state index contributed by atoms with van der Waals surface area (Å²) in [4.78, 5) is 4.70. The fraction of sp³-hybridized carbons (Fsp3) is 0.917. The highest BCUT2D eigenvalue weighted by molar-refractivity contribution is 8.14. The Morgan fingerprint density at radius 3 is 2.53 bits per heavy atom. The lowest BCUT2D eigenvalue weighted by Gasteiger charge is -2.31. The van der Waals surface area contributed by atoms with Crippen LogP contribution in [0, 0.1) is 5.92 Å². The number of thioether (sulfide) groups is 1. The Bertz CT molecular complexity index is 269. The monoisotopic (exact) mass is 226 g/mol. The van der Waals surface area contributed by atoms with Gasteiger partial charge in [0.2, 0.25) is 0 Å². The molecule has 0 amide bonds. The number of rotatable bonds is 2. The van der Waals surface area contributed by atoms with Gasteiger partial charge in [-0.05, 0) is 46.0 Å². The summed E-state index contributed by atoms with van der Waals surface area (Å²) in [6.07, 6.45) is 3.96. The molecule has 0 aromatic heterocycles. The van der Waals surface area contributed by atoms with Gasteiger partial charge in [0.15, 0.2) is 5.17 Å². The van der Waals surface area contributed by atoms with E-state index in [1.54, 1.807) is 0 Å². The van der Waals surface area contributed by atoms with Gasteiger partial charge in [-0.2, -0.15) is 0 Å². The lowest BCUT2D eigenvalue weighted by atomic mass is 9.99. The van der Waals surface area contributed by atoms with Crippen molar-refractivity contribution in [2.24, 2.45) is 10.9 Å².